The minimum Gasteiger partial charge on any atom is -0.455 e. The van der Waals surface area contributed by atoms with E-state index in [0.29, 0.717) is 0 Å². The maximum absolute atomic E-state index is 6.26. The van der Waals surface area contributed by atoms with Crippen molar-refractivity contribution in [1.29, 1.82) is 0 Å². The van der Waals surface area contributed by atoms with Crippen LogP contribution in [0.25, 0.3) is 49.8 Å². The van der Waals surface area contributed by atoms with Gasteiger partial charge in [-0.05, 0) is 35.4 Å². The summed E-state index contributed by atoms with van der Waals surface area (Å²) in [5.74, 6) is 1.11. The second-order valence-corrected chi connectivity index (χ2v) is 7.65. The number of furan rings is 1. The first kappa shape index (κ1) is 15.1. The summed E-state index contributed by atoms with van der Waals surface area (Å²) in [5, 5.41) is 2.31. The molecular weight excluding hydrogens is 356 g/mol. The molecule has 3 nitrogen and oxygen atoms in total. The van der Waals surface area contributed by atoms with Gasteiger partial charge in [0.15, 0.2) is 0 Å². The third-order valence-corrected chi connectivity index (χ3v) is 6.02. The van der Waals surface area contributed by atoms with Crippen molar-refractivity contribution in [3.05, 3.63) is 96.3 Å². The van der Waals surface area contributed by atoms with Crippen LogP contribution in [-0.4, -0.2) is 9.55 Å². The van der Waals surface area contributed by atoms with Crippen molar-refractivity contribution in [3.63, 3.8) is 0 Å². The maximum Gasteiger partial charge on any atom is 0.143 e. The molecule has 0 spiro atoms. The lowest BCUT2D eigenvalue weighted by Gasteiger charge is -2.06. The number of nitrogens with zero attached hydrogens (tertiary/aromatic N) is 2. The summed E-state index contributed by atoms with van der Waals surface area (Å²) in [4.78, 5) is 4.88. The van der Waals surface area contributed by atoms with Crippen molar-refractivity contribution in [3.8, 4) is 16.8 Å². The van der Waals surface area contributed by atoms with E-state index in [1.54, 1.807) is 0 Å². The summed E-state index contributed by atoms with van der Waals surface area (Å²) in [6, 6.07) is 29.7. The lowest BCUT2D eigenvalue weighted by Crippen LogP contribution is -1.91. The SMILES string of the molecule is c1ccc2c(c1)Cc1nc3ccc(-c4cccc5c4oc4ccccc45)cc3n1-2. The number of rotatable bonds is 1. The molecule has 0 N–H and O–H groups in total. The molecule has 0 bridgehead atoms. The van der Waals surface area contributed by atoms with E-state index in [9.17, 15) is 0 Å². The topological polar surface area (TPSA) is 31.0 Å². The van der Waals surface area contributed by atoms with Gasteiger partial charge < -0.3 is 4.42 Å². The van der Waals surface area contributed by atoms with E-state index in [4.69, 9.17) is 9.40 Å². The molecule has 0 radical (unpaired) electrons. The van der Waals surface area contributed by atoms with Gasteiger partial charge in [0.05, 0.1) is 16.7 Å². The monoisotopic (exact) mass is 372 g/mol. The molecule has 29 heavy (non-hydrogen) atoms. The van der Waals surface area contributed by atoms with Crippen molar-refractivity contribution in [2.45, 2.75) is 6.42 Å². The van der Waals surface area contributed by atoms with Crippen LogP contribution < -0.4 is 0 Å². The molecule has 0 aliphatic carbocycles. The number of benzene rings is 4. The quantitative estimate of drug-likeness (QED) is 0.329. The van der Waals surface area contributed by atoms with Crippen LogP contribution in [0.4, 0.5) is 0 Å². The van der Waals surface area contributed by atoms with E-state index in [1.807, 2.05) is 12.1 Å². The van der Waals surface area contributed by atoms with Gasteiger partial charge in [0.1, 0.15) is 17.0 Å². The highest BCUT2D eigenvalue weighted by Gasteiger charge is 2.22. The maximum atomic E-state index is 6.26. The van der Waals surface area contributed by atoms with E-state index in [1.165, 1.54) is 11.3 Å². The Morgan fingerprint density at radius 2 is 1.66 bits per heavy atom. The molecule has 2 aromatic heterocycles. The first-order valence-electron chi connectivity index (χ1n) is 9.87. The fourth-order valence-electron chi connectivity index (χ4n) is 4.70. The van der Waals surface area contributed by atoms with Crippen molar-refractivity contribution in [1.82, 2.24) is 9.55 Å². The Bertz CT molecular complexity index is 1590. The molecule has 3 heteroatoms. The average molecular weight is 372 g/mol. The minimum absolute atomic E-state index is 0.888. The second kappa shape index (κ2) is 5.36. The number of hydrogen-bond acceptors (Lipinski definition) is 2. The zero-order chi connectivity index (χ0) is 18.9. The van der Waals surface area contributed by atoms with Crippen LogP contribution in [0.5, 0.6) is 0 Å². The molecular formula is C26H16N2O. The third-order valence-electron chi connectivity index (χ3n) is 6.02. The molecule has 136 valence electrons. The van der Waals surface area contributed by atoms with Gasteiger partial charge in [0, 0.05) is 22.8 Å². The van der Waals surface area contributed by atoms with Crippen molar-refractivity contribution >= 4 is 33.0 Å². The van der Waals surface area contributed by atoms with Crippen molar-refractivity contribution in [2.75, 3.05) is 0 Å². The number of imidazole rings is 1. The van der Waals surface area contributed by atoms with Crippen LogP contribution >= 0.6 is 0 Å². The smallest absolute Gasteiger partial charge is 0.143 e. The normalized spacial score (nSPS) is 12.7. The van der Waals surface area contributed by atoms with Gasteiger partial charge in [-0.25, -0.2) is 4.98 Å². The van der Waals surface area contributed by atoms with Gasteiger partial charge in [-0.1, -0.05) is 60.7 Å². The first-order valence-corrected chi connectivity index (χ1v) is 9.87. The van der Waals surface area contributed by atoms with Crippen molar-refractivity contribution in [2.24, 2.45) is 0 Å². The predicted octanol–water partition coefficient (Wildman–Crippen LogP) is 6.50. The van der Waals surface area contributed by atoms with Crippen LogP contribution in [-0.2, 0) is 6.42 Å². The van der Waals surface area contributed by atoms with Gasteiger partial charge >= 0.3 is 0 Å². The van der Waals surface area contributed by atoms with Gasteiger partial charge in [-0.3, -0.25) is 4.57 Å². The van der Waals surface area contributed by atoms with Crippen LogP contribution in [0.15, 0.2) is 89.3 Å². The van der Waals surface area contributed by atoms with Crippen LogP contribution in [0.2, 0.25) is 0 Å². The molecule has 7 rings (SSSR count). The summed E-state index contributed by atoms with van der Waals surface area (Å²) in [7, 11) is 0. The minimum atomic E-state index is 0.888. The highest BCUT2D eigenvalue weighted by Crippen LogP contribution is 2.38. The summed E-state index contributed by atoms with van der Waals surface area (Å²) in [6.07, 6.45) is 0.888. The molecule has 0 fully saturated rings. The fourth-order valence-corrected chi connectivity index (χ4v) is 4.70. The Morgan fingerprint density at radius 1 is 0.793 bits per heavy atom. The van der Waals surface area contributed by atoms with E-state index in [0.717, 1.165) is 56.3 Å². The number of hydrogen-bond donors (Lipinski definition) is 0. The molecule has 3 heterocycles. The molecule has 0 amide bonds. The summed E-state index contributed by atoms with van der Waals surface area (Å²) in [5.41, 5.74) is 8.89. The highest BCUT2D eigenvalue weighted by atomic mass is 16.3. The van der Waals surface area contributed by atoms with Gasteiger partial charge in [-0.15, -0.1) is 0 Å². The molecule has 0 atom stereocenters. The molecule has 0 saturated carbocycles. The van der Waals surface area contributed by atoms with Crippen LogP contribution in [0.3, 0.4) is 0 Å². The Labute approximate surface area is 166 Å². The molecule has 1 aliphatic rings. The standard InChI is InChI=1S/C26H16N2O/c1-3-10-22-17(6-1)15-25-27-21-13-12-16(14-23(21)28(22)25)18-8-5-9-20-19-7-2-4-11-24(19)29-26(18)20/h1-14H,15H2. The Hall–Kier alpha value is -3.85. The summed E-state index contributed by atoms with van der Waals surface area (Å²) in [6.45, 7) is 0. The highest BCUT2D eigenvalue weighted by molar-refractivity contribution is 6.09. The predicted molar refractivity (Wildman–Crippen MR) is 117 cm³/mol. The lowest BCUT2D eigenvalue weighted by atomic mass is 10.0. The Kier molecular flexibility index (Phi) is 2.79. The van der Waals surface area contributed by atoms with Crippen LogP contribution in [0, 0.1) is 0 Å². The third kappa shape index (κ3) is 1.99. The van der Waals surface area contributed by atoms with E-state index in [-0.39, 0.29) is 0 Å². The zero-order valence-electron chi connectivity index (χ0n) is 15.6. The fraction of sp³-hybridized carbons (Fsp3) is 0.0385. The zero-order valence-corrected chi connectivity index (χ0v) is 15.6. The van der Waals surface area contributed by atoms with Gasteiger partial charge in [0.25, 0.3) is 0 Å². The number of para-hydroxylation sites is 3. The Balaban J connectivity index is 1.51. The lowest BCUT2D eigenvalue weighted by molar-refractivity contribution is 0.670. The molecule has 1 aliphatic heterocycles. The van der Waals surface area contributed by atoms with Crippen LogP contribution in [0.1, 0.15) is 11.4 Å². The molecule has 0 saturated heterocycles. The number of aromatic nitrogens is 2. The summed E-state index contributed by atoms with van der Waals surface area (Å²) >= 11 is 0. The second-order valence-electron chi connectivity index (χ2n) is 7.65. The molecule has 0 unspecified atom stereocenters. The first-order chi connectivity index (χ1) is 14.4. The van der Waals surface area contributed by atoms with E-state index >= 15 is 0 Å². The van der Waals surface area contributed by atoms with E-state index < -0.39 is 0 Å². The van der Waals surface area contributed by atoms with Gasteiger partial charge in [-0.2, -0.15) is 0 Å². The largest absolute Gasteiger partial charge is 0.455 e. The molecule has 6 aromatic rings. The van der Waals surface area contributed by atoms with E-state index in [2.05, 4.69) is 77.4 Å². The van der Waals surface area contributed by atoms with Gasteiger partial charge in [0.2, 0.25) is 0 Å². The van der Waals surface area contributed by atoms with Crippen molar-refractivity contribution < 1.29 is 4.42 Å². The number of fused-ring (bicyclic) bond motifs is 8. The Morgan fingerprint density at radius 3 is 2.66 bits per heavy atom. The molecule has 4 aromatic carbocycles. The summed E-state index contributed by atoms with van der Waals surface area (Å²) < 4.78 is 8.56. The average Bonchev–Trinajstić information content (AvgIpc) is 3.42.